The van der Waals surface area contributed by atoms with Crippen LogP contribution >= 0.6 is 0 Å². The van der Waals surface area contributed by atoms with E-state index in [1.165, 1.54) is 42.9 Å². The van der Waals surface area contributed by atoms with Crippen molar-refractivity contribution in [1.82, 2.24) is 0 Å². The van der Waals surface area contributed by atoms with Crippen LogP contribution in [-0.4, -0.2) is 30.5 Å². The highest BCUT2D eigenvalue weighted by atomic mass is 19.1. The van der Waals surface area contributed by atoms with Crippen molar-refractivity contribution in [2.75, 3.05) is 13.7 Å². The third-order valence-corrected chi connectivity index (χ3v) is 12.3. The quantitative estimate of drug-likeness (QED) is 0.443. The van der Waals surface area contributed by atoms with Crippen LogP contribution < -0.4 is 4.74 Å². The van der Waals surface area contributed by atoms with Crippen LogP contribution in [0.5, 0.6) is 11.5 Å². The Kier molecular flexibility index (Phi) is 4.85. The van der Waals surface area contributed by atoms with Gasteiger partial charge in [-0.1, -0.05) is 44.0 Å². The van der Waals surface area contributed by atoms with Crippen LogP contribution in [0.25, 0.3) is 0 Å². The van der Waals surface area contributed by atoms with Gasteiger partial charge in [0.1, 0.15) is 17.5 Å². The fourth-order valence-electron chi connectivity index (χ4n) is 10.7. The molecule has 2 spiro atoms. The number of hydrogen-bond donors (Lipinski definition) is 1. The summed E-state index contributed by atoms with van der Waals surface area (Å²) in [5.41, 5.74) is 3.13. The number of ether oxygens (including phenoxy) is 3. The number of aromatic hydroxyl groups is 1. The van der Waals surface area contributed by atoms with Gasteiger partial charge < -0.3 is 19.3 Å². The van der Waals surface area contributed by atoms with Crippen molar-refractivity contribution in [3.63, 3.8) is 0 Å². The van der Waals surface area contributed by atoms with E-state index in [4.69, 9.17) is 14.2 Å². The Morgan fingerprint density at radius 2 is 1.92 bits per heavy atom. The van der Waals surface area contributed by atoms with Crippen LogP contribution in [0.1, 0.15) is 75.0 Å². The first kappa shape index (κ1) is 23.7. The lowest BCUT2D eigenvalue weighted by Gasteiger charge is -2.75. The molecular weight excluding hydrogens is 479 g/mol. The zero-order valence-corrected chi connectivity index (χ0v) is 22.6. The minimum absolute atomic E-state index is 0.109. The Bertz CT molecular complexity index is 1310. The van der Waals surface area contributed by atoms with E-state index in [1.807, 2.05) is 19.2 Å². The van der Waals surface area contributed by atoms with Gasteiger partial charge in [-0.2, -0.15) is 0 Å². The molecule has 1 unspecified atom stereocenters. The third kappa shape index (κ3) is 2.78. The number of phenolic OH excluding ortho intramolecular Hbond substituents is 1. The van der Waals surface area contributed by atoms with Gasteiger partial charge in [0.2, 0.25) is 0 Å². The predicted octanol–water partition coefficient (Wildman–Crippen LogP) is 6.70. The molecule has 0 amide bonds. The molecule has 5 saturated carbocycles. The van der Waals surface area contributed by atoms with Crippen LogP contribution in [0, 0.1) is 34.4 Å². The van der Waals surface area contributed by atoms with E-state index in [0.717, 1.165) is 43.8 Å². The molecule has 9 rings (SSSR count). The number of hydrogen-bond acceptors (Lipinski definition) is 4. The Morgan fingerprint density at radius 1 is 1.08 bits per heavy atom. The second kappa shape index (κ2) is 7.75. The molecule has 1 heterocycles. The van der Waals surface area contributed by atoms with Crippen LogP contribution in [0.2, 0.25) is 0 Å². The van der Waals surface area contributed by atoms with Gasteiger partial charge in [0, 0.05) is 29.6 Å². The molecule has 0 saturated heterocycles. The first-order chi connectivity index (χ1) is 18.4. The van der Waals surface area contributed by atoms with Crippen molar-refractivity contribution in [3.8, 4) is 11.5 Å². The van der Waals surface area contributed by atoms with Crippen LogP contribution in [0.3, 0.4) is 0 Å². The summed E-state index contributed by atoms with van der Waals surface area (Å²) in [5, 5.41) is 11.0. The minimum Gasteiger partial charge on any atom is -0.504 e. The highest BCUT2D eigenvalue weighted by molar-refractivity contribution is 5.63. The van der Waals surface area contributed by atoms with E-state index in [-0.39, 0.29) is 41.0 Å². The molecule has 6 aliphatic carbocycles. The fraction of sp³-hybridized carbons (Fsp3) is 0.636. The Morgan fingerprint density at radius 3 is 2.71 bits per heavy atom. The van der Waals surface area contributed by atoms with Gasteiger partial charge in [-0.15, -0.1) is 0 Å². The fourth-order valence-corrected chi connectivity index (χ4v) is 10.7. The Hall–Kier alpha value is -2.11. The van der Waals surface area contributed by atoms with Gasteiger partial charge >= 0.3 is 0 Å². The van der Waals surface area contributed by atoms with E-state index < -0.39 is 5.60 Å². The van der Waals surface area contributed by atoms with Gasteiger partial charge in [0.15, 0.2) is 11.5 Å². The molecule has 4 nitrogen and oxygen atoms in total. The molecule has 5 heteroatoms. The number of halogens is 1. The van der Waals surface area contributed by atoms with Gasteiger partial charge in [0.25, 0.3) is 0 Å². The van der Waals surface area contributed by atoms with E-state index in [9.17, 15) is 9.50 Å². The van der Waals surface area contributed by atoms with Gasteiger partial charge in [0.05, 0.1) is 13.2 Å². The van der Waals surface area contributed by atoms with Crippen molar-refractivity contribution < 1.29 is 23.7 Å². The lowest BCUT2D eigenvalue weighted by Crippen LogP contribution is -2.79. The van der Waals surface area contributed by atoms with Gasteiger partial charge in [-0.05, 0) is 85.3 Å². The van der Waals surface area contributed by atoms with Crippen molar-refractivity contribution in [3.05, 3.63) is 58.9 Å². The van der Waals surface area contributed by atoms with Crippen LogP contribution in [-0.2, 0) is 27.9 Å². The van der Waals surface area contributed by atoms with Crippen molar-refractivity contribution in [2.45, 2.75) is 88.4 Å². The molecule has 7 atom stereocenters. The molecular formula is C33H39FO4. The zero-order chi connectivity index (χ0) is 25.9. The normalized spacial score (nSPS) is 41.6. The second-order valence-electron chi connectivity index (χ2n) is 13.8. The maximum absolute atomic E-state index is 14.3. The first-order valence-electron chi connectivity index (χ1n) is 14.8. The zero-order valence-electron chi connectivity index (χ0n) is 22.6. The van der Waals surface area contributed by atoms with E-state index in [0.29, 0.717) is 23.5 Å². The molecule has 0 radical (unpaired) electrons. The summed E-state index contributed by atoms with van der Waals surface area (Å²) >= 11 is 0. The molecule has 1 aliphatic heterocycles. The molecule has 7 aliphatic rings. The molecule has 4 bridgehead atoms. The predicted molar refractivity (Wildman–Crippen MR) is 142 cm³/mol. The highest BCUT2D eigenvalue weighted by Crippen LogP contribution is 2.81. The average molecular weight is 519 g/mol. The Balaban J connectivity index is 1.23. The molecule has 2 aromatic carbocycles. The maximum Gasteiger partial charge on any atom is 0.165 e. The summed E-state index contributed by atoms with van der Waals surface area (Å²) < 4.78 is 34.1. The third-order valence-electron chi connectivity index (χ3n) is 12.3. The smallest absolute Gasteiger partial charge is 0.165 e. The Labute approximate surface area is 224 Å². The number of methoxy groups -OCH3 is 1. The van der Waals surface area contributed by atoms with Crippen molar-refractivity contribution in [2.24, 2.45) is 28.6 Å². The van der Waals surface area contributed by atoms with E-state index >= 15 is 0 Å². The molecule has 202 valence electrons. The number of rotatable bonds is 7. The van der Waals surface area contributed by atoms with Crippen molar-refractivity contribution >= 4 is 0 Å². The summed E-state index contributed by atoms with van der Waals surface area (Å²) in [7, 11) is 1.84. The summed E-state index contributed by atoms with van der Waals surface area (Å²) in [6, 6.07) is 10.9. The largest absolute Gasteiger partial charge is 0.504 e. The highest BCUT2D eigenvalue weighted by Gasteiger charge is 2.81. The lowest BCUT2D eigenvalue weighted by molar-refractivity contribution is -0.294. The summed E-state index contributed by atoms with van der Waals surface area (Å²) in [6.07, 6.45) is 10.5. The lowest BCUT2D eigenvalue weighted by atomic mass is 9.29. The van der Waals surface area contributed by atoms with Gasteiger partial charge in [-0.3, -0.25) is 0 Å². The molecule has 1 N–H and O–H groups in total. The first-order valence-corrected chi connectivity index (χ1v) is 14.8. The molecule has 0 aromatic heterocycles. The molecule has 38 heavy (non-hydrogen) atoms. The molecule has 2 aromatic rings. The number of phenols is 1. The maximum atomic E-state index is 14.3. The molecule has 5 fully saturated rings. The van der Waals surface area contributed by atoms with E-state index in [1.54, 1.807) is 12.1 Å². The number of fused-ring (bicyclic) bond motifs is 2. The topological polar surface area (TPSA) is 47.9 Å². The summed E-state index contributed by atoms with van der Waals surface area (Å²) in [4.78, 5) is 0. The SMILES string of the molecule is CO[C@]12CC[C@@]3(C[C@@H]1COCc1ccccc1F)[C@H]1Cc4ccc(O)c5c4[C@@]3(CCC1(C)CC1CC1)[C@H]2O5. The van der Waals surface area contributed by atoms with Crippen molar-refractivity contribution in [1.29, 1.82) is 0 Å². The monoisotopic (exact) mass is 518 g/mol. The number of benzene rings is 2. The van der Waals surface area contributed by atoms with Gasteiger partial charge in [-0.25, -0.2) is 4.39 Å². The standard InChI is InChI=1S/C33H39FO4/c1-30(16-20-7-8-20)11-13-32-27-21-9-10-25(35)28(27)38-29(32)33(36-2)14-12-31(32,26(30)15-21)17-23(33)19-37-18-22-5-3-4-6-24(22)34/h3-6,9-10,20,23,26,29,35H,7-8,11-19H2,1-2H3/t23-,26+,29-,30?,31-,32+,33-/m1/s1. The van der Waals surface area contributed by atoms with Crippen LogP contribution in [0.15, 0.2) is 36.4 Å². The summed E-state index contributed by atoms with van der Waals surface area (Å²) in [6.45, 7) is 3.38. The van der Waals surface area contributed by atoms with E-state index in [2.05, 4.69) is 13.0 Å². The minimum atomic E-state index is -0.480. The average Bonchev–Trinajstić information content (AvgIpc) is 3.64. The summed E-state index contributed by atoms with van der Waals surface area (Å²) in [5.74, 6) is 2.41. The van der Waals surface area contributed by atoms with Crippen LogP contribution in [0.4, 0.5) is 4.39 Å². The second-order valence-corrected chi connectivity index (χ2v) is 13.8.